The van der Waals surface area contributed by atoms with Crippen LogP contribution in [0.3, 0.4) is 0 Å². The Balaban J connectivity index is 1.68. The normalized spacial score (nSPS) is 29.8. The Hall–Kier alpha value is -1.54. The van der Waals surface area contributed by atoms with E-state index in [2.05, 4.69) is 66.5 Å². The second-order valence-corrected chi connectivity index (χ2v) is 7.08. The van der Waals surface area contributed by atoms with Gasteiger partial charge in [0.2, 0.25) is 0 Å². The fraction of sp³-hybridized carbons (Fsp3) is 0.474. The first-order valence-electron chi connectivity index (χ1n) is 8.16. The highest BCUT2D eigenvalue weighted by Crippen LogP contribution is 2.42. The van der Waals surface area contributed by atoms with Crippen molar-refractivity contribution in [2.75, 3.05) is 18.0 Å². The standard InChI is InChI=1S/C19H24N2/c1-14-12-20-19(2,17-8-9-17)13-21(14)18-10-7-15-5-3-4-6-16(15)11-18/h3-7,10-11,14,17,20H,8-9,12-13H2,1-2H3. The molecular formula is C19H24N2. The van der Waals surface area contributed by atoms with Gasteiger partial charge in [0.1, 0.15) is 0 Å². The van der Waals surface area contributed by atoms with Gasteiger partial charge in [-0.3, -0.25) is 0 Å². The Morgan fingerprint density at radius 2 is 1.86 bits per heavy atom. The maximum Gasteiger partial charge on any atom is 0.0387 e. The molecule has 1 N–H and O–H groups in total. The molecule has 0 bridgehead atoms. The first-order valence-corrected chi connectivity index (χ1v) is 8.16. The molecule has 1 saturated heterocycles. The lowest BCUT2D eigenvalue weighted by Gasteiger charge is -2.47. The van der Waals surface area contributed by atoms with E-state index in [0.29, 0.717) is 6.04 Å². The highest BCUT2D eigenvalue weighted by atomic mass is 15.3. The number of anilines is 1. The van der Waals surface area contributed by atoms with Gasteiger partial charge in [0.05, 0.1) is 0 Å². The topological polar surface area (TPSA) is 15.3 Å². The van der Waals surface area contributed by atoms with Crippen molar-refractivity contribution < 1.29 is 0 Å². The van der Waals surface area contributed by atoms with Gasteiger partial charge in [0.15, 0.2) is 0 Å². The molecular weight excluding hydrogens is 256 g/mol. The molecule has 1 aliphatic carbocycles. The molecule has 2 aromatic rings. The summed E-state index contributed by atoms with van der Waals surface area (Å²) in [6, 6.07) is 16.1. The summed E-state index contributed by atoms with van der Waals surface area (Å²) < 4.78 is 0. The molecule has 0 radical (unpaired) electrons. The van der Waals surface area contributed by atoms with Gasteiger partial charge < -0.3 is 10.2 Å². The monoisotopic (exact) mass is 280 g/mol. The molecule has 4 rings (SSSR count). The van der Waals surface area contributed by atoms with Gasteiger partial charge >= 0.3 is 0 Å². The lowest BCUT2D eigenvalue weighted by Crippen LogP contribution is -2.63. The summed E-state index contributed by atoms with van der Waals surface area (Å²) in [6.45, 7) is 6.94. The maximum atomic E-state index is 3.80. The predicted octanol–water partition coefficient (Wildman–Crippen LogP) is 3.81. The second-order valence-electron chi connectivity index (χ2n) is 7.08. The van der Waals surface area contributed by atoms with Crippen molar-refractivity contribution in [3.63, 3.8) is 0 Å². The Morgan fingerprint density at radius 3 is 2.62 bits per heavy atom. The zero-order chi connectivity index (χ0) is 14.4. The minimum Gasteiger partial charge on any atom is -0.366 e. The van der Waals surface area contributed by atoms with Gasteiger partial charge in [-0.25, -0.2) is 0 Å². The van der Waals surface area contributed by atoms with Crippen molar-refractivity contribution in [2.45, 2.75) is 38.3 Å². The Morgan fingerprint density at radius 1 is 1.10 bits per heavy atom. The van der Waals surface area contributed by atoms with E-state index in [-0.39, 0.29) is 5.54 Å². The van der Waals surface area contributed by atoms with Crippen molar-refractivity contribution in [1.82, 2.24) is 5.32 Å². The number of rotatable bonds is 2. The van der Waals surface area contributed by atoms with Crippen molar-refractivity contribution in [1.29, 1.82) is 0 Å². The van der Waals surface area contributed by atoms with Crippen LogP contribution < -0.4 is 10.2 Å². The molecule has 1 aliphatic heterocycles. The van der Waals surface area contributed by atoms with Crippen LogP contribution in [-0.2, 0) is 0 Å². The van der Waals surface area contributed by atoms with Crippen LogP contribution in [0.4, 0.5) is 5.69 Å². The van der Waals surface area contributed by atoms with Crippen molar-refractivity contribution in [2.24, 2.45) is 5.92 Å². The summed E-state index contributed by atoms with van der Waals surface area (Å²) in [6.07, 6.45) is 2.78. The lowest BCUT2D eigenvalue weighted by atomic mass is 9.90. The minimum atomic E-state index is 0.290. The van der Waals surface area contributed by atoms with Gasteiger partial charge in [-0.15, -0.1) is 0 Å². The molecule has 1 heterocycles. The minimum absolute atomic E-state index is 0.290. The first kappa shape index (κ1) is 13.1. The van der Waals surface area contributed by atoms with Crippen LogP contribution in [0.25, 0.3) is 10.8 Å². The third kappa shape index (κ3) is 2.32. The zero-order valence-corrected chi connectivity index (χ0v) is 13.0. The van der Waals surface area contributed by atoms with Crippen LogP contribution in [0.15, 0.2) is 42.5 Å². The van der Waals surface area contributed by atoms with Crippen LogP contribution >= 0.6 is 0 Å². The van der Waals surface area contributed by atoms with E-state index in [9.17, 15) is 0 Å². The van der Waals surface area contributed by atoms with Crippen LogP contribution in [0.1, 0.15) is 26.7 Å². The molecule has 21 heavy (non-hydrogen) atoms. The molecule has 2 heteroatoms. The zero-order valence-electron chi connectivity index (χ0n) is 13.0. The van der Waals surface area contributed by atoms with Crippen LogP contribution in [0.5, 0.6) is 0 Å². The smallest absolute Gasteiger partial charge is 0.0387 e. The fourth-order valence-corrected chi connectivity index (χ4v) is 3.75. The fourth-order valence-electron chi connectivity index (χ4n) is 3.75. The van der Waals surface area contributed by atoms with E-state index in [1.165, 1.54) is 29.3 Å². The first-order chi connectivity index (χ1) is 10.2. The number of benzene rings is 2. The van der Waals surface area contributed by atoms with Crippen molar-refractivity contribution in [3.8, 4) is 0 Å². The largest absolute Gasteiger partial charge is 0.366 e. The summed E-state index contributed by atoms with van der Waals surface area (Å²) in [5.74, 6) is 0.868. The maximum absolute atomic E-state index is 3.80. The molecule has 2 fully saturated rings. The number of hydrogen-bond acceptors (Lipinski definition) is 2. The van der Waals surface area contributed by atoms with Crippen LogP contribution in [0.2, 0.25) is 0 Å². The molecule has 2 aromatic carbocycles. The van der Waals surface area contributed by atoms with Gasteiger partial charge in [-0.05, 0) is 55.5 Å². The van der Waals surface area contributed by atoms with E-state index in [0.717, 1.165) is 19.0 Å². The summed E-state index contributed by atoms with van der Waals surface area (Å²) in [7, 11) is 0. The molecule has 0 amide bonds. The van der Waals surface area contributed by atoms with E-state index in [1.54, 1.807) is 0 Å². The number of nitrogens with one attached hydrogen (secondary N) is 1. The summed E-state index contributed by atoms with van der Waals surface area (Å²) in [5.41, 5.74) is 1.66. The Labute approximate surface area is 127 Å². The van der Waals surface area contributed by atoms with Crippen LogP contribution in [-0.4, -0.2) is 24.7 Å². The average molecular weight is 280 g/mol. The molecule has 2 unspecified atom stereocenters. The van der Waals surface area contributed by atoms with Crippen molar-refractivity contribution in [3.05, 3.63) is 42.5 Å². The highest BCUT2D eigenvalue weighted by molar-refractivity contribution is 5.86. The van der Waals surface area contributed by atoms with E-state index >= 15 is 0 Å². The van der Waals surface area contributed by atoms with Gasteiger partial charge in [-0.1, -0.05) is 30.3 Å². The second kappa shape index (κ2) is 4.74. The number of nitrogens with zero attached hydrogens (tertiary/aromatic N) is 1. The SMILES string of the molecule is CC1CNC(C)(C2CC2)CN1c1ccc2ccccc2c1. The lowest BCUT2D eigenvalue weighted by molar-refractivity contribution is 0.261. The summed E-state index contributed by atoms with van der Waals surface area (Å²) in [4.78, 5) is 2.60. The summed E-state index contributed by atoms with van der Waals surface area (Å²) in [5, 5.41) is 6.47. The van der Waals surface area contributed by atoms with E-state index in [1.807, 2.05) is 0 Å². The molecule has 2 aliphatic rings. The van der Waals surface area contributed by atoms with E-state index in [4.69, 9.17) is 0 Å². The molecule has 1 saturated carbocycles. The summed E-state index contributed by atoms with van der Waals surface area (Å²) >= 11 is 0. The highest BCUT2D eigenvalue weighted by Gasteiger charge is 2.45. The Kier molecular flexibility index (Phi) is 2.97. The van der Waals surface area contributed by atoms with Gasteiger partial charge in [0, 0.05) is 30.4 Å². The quantitative estimate of drug-likeness (QED) is 0.900. The van der Waals surface area contributed by atoms with Gasteiger partial charge in [-0.2, -0.15) is 0 Å². The molecule has 2 atom stereocenters. The third-order valence-electron chi connectivity index (χ3n) is 5.38. The third-order valence-corrected chi connectivity index (χ3v) is 5.38. The molecule has 0 aromatic heterocycles. The Bertz CT molecular complexity index is 661. The molecule has 2 nitrogen and oxygen atoms in total. The molecule has 0 spiro atoms. The predicted molar refractivity (Wildman–Crippen MR) is 89.9 cm³/mol. The average Bonchev–Trinajstić information content (AvgIpc) is 3.35. The van der Waals surface area contributed by atoms with Crippen molar-refractivity contribution >= 4 is 16.5 Å². The van der Waals surface area contributed by atoms with Gasteiger partial charge in [0.25, 0.3) is 0 Å². The number of piperazine rings is 1. The number of fused-ring (bicyclic) bond motifs is 1. The van der Waals surface area contributed by atoms with E-state index < -0.39 is 0 Å². The van der Waals surface area contributed by atoms with Crippen LogP contribution in [0, 0.1) is 5.92 Å². The molecule has 110 valence electrons. The number of hydrogen-bond donors (Lipinski definition) is 1.